The number of halogens is 4. The molecule has 8 heteroatoms. The minimum absolute atomic E-state index is 0.0219. The number of hydrogen-bond donors (Lipinski definition) is 2. The number of anilines is 2. The van der Waals surface area contributed by atoms with Crippen molar-refractivity contribution in [3.8, 4) is 5.75 Å². The van der Waals surface area contributed by atoms with E-state index in [9.17, 15) is 18.0 Å². The normalized spacial score (nSPS) is 11.0. The monoisotopic (exact) mass is 358 g/mol. The third-order valence-corrected chi connectivity index (χ3v) is 3.44. The van der Waals surface area contributed by atoms with Crippen LogP contribution in [0.3, 0.4) is 0 Å². The second-order valence-electron chi connectivity index (χ2n) is 4.79. The van der Waals surface area contributed by atoms with Crippen molar-refractivity contribution in [1.29, 1.82) is 0 Å². The molecule has 0 saturated heterocycles. The fraction of sp³-hybridized carbons (Fsp3) is 0.188. The molecule has 24 heavy (non-hydrogen) atoms. The summed E-state index contributed by atoms with van der Waals surface area (Å²) in [7, 11) is 1.49. The molecular weight excluding hydrogens is 345 g/mol. The van der Waals surface area contributed by atoms with E-state index in [-0.39, 0.29) is 17.3 Å². The number of para-hydroxylation sites is 2. The smallest absolute Gasteiger partial charge is 0.416 e. The van der Waals surface area contributed by atoms with Crippen molar-refractivity contribution in [2.45, 2.75) is 6.18 Å². The lowest BCUT2D eigenvalue weighted by molar-refractivity contribution is -0.137. The van der Waals surface area contributed by atoms with Crippen LogP contribution >= 0.6 is 11.6 Å². The topological polar surface area (TPSA) is 50.4 Å². The molecule has 2 rings (SSSR count). The van der Waals surface area contributed by atoms with Crippen molar-refractivity contribution < 1.29 is 22.7 Å². The van der Waals surface area contributed by atoms with Crippen LogP contribution in [0.2, 0.25) is 5.02 Å². The Morgan fingerprint density at radius 2 is 1.88 bits per heavy atom. The first-order valence-corrected chi connectivity index (χ1v) is 7.22. The van der Waals surface area contributed by atoms with Crippen LogP contribution in [0.15, 0.2) is 42.5 Å². The number of carbonyl (C=O) groups is 1. The van der Waals surface area contributed by atoms with E-state index >= 15 is 0 Å². The first-order valence-electron chi connectivity index (χ1n) is 6.84. The molecule has 0 aliphatic carbocycles. The molecule has 0 unspecified atom stereocenters. The van der Waals surface area contributed by atoms with E-state index in [2.05, 4.69) is 10.6 Å². The van der Waals surface area contributed by atoms with E-state index < -0.39 is 17.6 Å². The van der Waals surface area contributed by atoms with Crippen LogP contribution in [0.1, 0.15) is 5.56 Å². The van der Waals surface area contributed by atoms with E-state index in [1.54, 1.807) is 24.3 Å². The number of nitrogens with one attached hydrogen (secondary N) is 2. The number of ether oxygens (including phenoxy) is 1. The second-order valence-corrected chi connectivity index (χ2v) is 5.20. The Morgan fingerprint density at radius 1 is 1.17 bits per heavy atom. The number of rotatable bonds is 5. The average molecular weight is 359 g/mol. The molecule has 0 spiro atoms. The zero-order valence-electron chi connectivity index (χ0n) is 12.6. The minimum Gasteiger partial charge on any atom is -0.495 e. The van der Waals surface area contributed by atoms with E-state index in [1.807, 2.05) is 0 Å². The van der Waals surface area contributed by atoms with Gasteiger partial charge in [0.15, 0.2) is 0 Å². The van der Waals surface area contributed by atoms with Crippen LogP contribution in [-0.4, -0.2) is 19.6 Å². The Bertz CT molecular complexity index is 736. The number of benzene rings is 2. The highest BCUT2D eigenvalue weighted by molar-refractivity contribution is 6.33. The molecule has 1 amide bonds. The summed E-state index contributed by atoms with van der Waals surface area (Å²) in [6.45, 7) is -0.160. The van der Waals surface area contributed by atoms with Gasteiger partial charge in [-0.15, -0.1) is 0 Å². The Balaban J connectivity index is 2.05. The van der Waals surface area contributed by atoms with Crippen LogP contribution in [0, 0.1) is 0 Å². The van der Waals surface area contributed by atoms with Gasteiger partial charge >= 0.3 is 6.18 Å². The van der Waals surface area contributed by atoms with Gasteiger partial charge in [-0.1, -0.05) is 23.7 Å². The number of alkyl halides is 3. The molecule has 2 aromatic rings. The highest BCUT2D eigenvalue weighted by atomic mass is 35.5. The van der Waals surface area contributed by atoms with Gasteiger partial charge in [0.05, 0.1) is 35.6 Å². The summed E-state index contributed by atoms with van der Waals surface area (Å²) in [6, 6.07) is 9.69. The summed E-state index contributed by atoms with van der Waals surface area (Å²) in [5.41, 5.74) is -0.400. The maximum atomic E-state index is 12.7. The zero-order chi connectivity index (χ0) is 17.7. The van der Waals surface area contributed by atoms with E-state index in [4.69, 9.17) is 16.3 Å². The van der Waals surface area contributed by atoms with Gasteiger partial charge in [0, 0.05) is 0 Å². The molecular formula is C16H14ClF3N2O2. The summed E-state index contributed by atoms with van der Waals surface area (Å²) in [6.07, 6.45) is -4.51. The highest BCUT2D eigenvalue weighted by Gasteiger charge is 2.31. The maximum Gasteiger partial charge on any atom is 0.416 e. The Hall–Kier alpha value is -2.41. The molecule has 0 aromatic heterocycles. The summed E-state index contributed by atoms with van der Waals surface area (Å²) in [5, 5.41) is 5.22. The second kappa shape index (κ2) is 7.44. The molecule has 0 aliphatic heterocycles. The van der Waals surface area contributed by atoms with Crippen molar-refractivity contribution in [1.82, 2.24) is 0 Å². The Morgan fingerprint density at radius 3 is 2.54 bits per heavy atom. The fourth-order valence-corrected chi connectivity index (χ4v) is 2.12. The summed E-state index contributed by atoms with van der Waals surface area (Å²) in [5.74, 6) is 0.00420. The molecule has 4 nitrogen and oxygen atoms in total. The van der Waals surface area contributed by atoms with Gasteiger partial charge in [-0.05, 0) is 30.3 Å². The lowest BCUT2D eigenvalue weighted by atomic mass is 10.2. The van der Waals surface area contributed by atoms with Crippen LogP contribution in [0.5, 0.6) is 5.75 Å². The first-order chi connectivity index (χ1) is 11.3. The lowest BCUT2D eigenvalue weighted by Crippen LogP contribution is -2.22. The largest absolute Gasteiger partial charge is 0.495 e. The zero-order valence-corrected chi connectivity index (χ0v) is 13.3. The van der Waals surface area contributed by atoms with Crippen molar-refractivity contribution in [3.63, 3.8) is 0 Å². The van der Waals surface area contributed by atoms with Crippen LogP contribution < -0.4 is 15.4 Å². The predicted octanol–water partition coefficient (Wildman–Crippen LogP) is 4.42. The highest BCUT2D eigenvalue weighted by Crippen LogP contribution is 2.33. The number of amides is 1. The Kier molecular flexibility index (Phi) is 5.56. The molecule has 2 N–H and O–H groups in total. The van der Waals surface area contributed by atoms with Gasteiger partial charge in [-0.25, -0.2) is 0 Å². The SMILES string of the molecule is COc1ccccc1NCC(=O)Nc1cc(C(F)(F)F)ccc1Cl. The van der Waals surface area contributed by atoms with Crippen molar-refractivity contribution in [3.05, 3.63) is 53.1 Å². The van der Waals surface area contributed by atoms with Gasteiger partial charge in [0.1, 0.15) is 5.75 Å². The van der Waals surface area contributed by atoms with Crippen LogP contribution in [0.4, 0.5) is 24.5 Å². The van der Waals surface area contributed by atoms with E-state index in [1.165, 1.54) is 7.11 Å². The molecule has 0 atom stereocenters. The van der Waals surface area contributed by atoms with Crippen molar-refractivity contribution in [2.24, 2.45) is 0 Å². The van der Waals surface area contributed by atoms with Crippen LogP contribution in [-0.2, 0) is 11.0 Å². The van der Waals surface area contributed by atoms with Gasteiger partial charge in [-0.2, -0.15) is 13.2 Å². The standard InChI is InChI=1S/C16H14ClF3N2O2/c1-24-14-5-3-2-4-12(14)21-9-15(23)22-13-8-10(16(18,19)20)6-7-11(13)17/h2-8,21H,9H2,1H3,(H,22,23). The van der Waals surface area contributed by atoms with Gasteiger partial charge in [0.25, 0.3) is 0 Å². The van der Waals surface area contributed by atoms with Crippen molar-refractivity contribution >= 4 is 28.9 Å². The number of hydrogen-bond acceptors (Lipinski definition) is 3. The first kappa shape index (κ1) is 17.9. The maximum absolute atomic E-state index is 12.7. The minimum atomic E-state index is -4.51. The lowest BCUT2D eigenvalue weighted by Gasteiger charge is -2.13. The molecule has 0 saturated carbocycles. The third-order valence-electron chi connectivity index (χ3n) is 3.11. The van der Waals surface area contributed by atoms with Gasteiger partial charge in [0.2, 0.25) is 5.91 Å². The molecule has 0 aliphatic rings. The molecule has 0 fully saturated rings. The number of carbonyl (C=O) groups excluding carboxylic acids is 1. The third kappa shape index (κ3) is 4.55. The Labute approximate surface area is 141 Å². The van der Waals surface area contributed by atoms with Gasteiger partial charge < -0.3 is 15.4 Å². The quantitative estimate of drug-likeness (QED) is 0.832. The molecule has 2 aromatic carbocycles. The fourth-order valence-electron chi connectivity index (χ4n) is 1.96. The van der Waals surface area contributed by atoms with Crippen molar-refractivity contribution in [2.75, 3.05) is 24.3 Å². The molecule has 0 heterocycles. The predicted molar refractivity (Wildman–Crippen MR) is 86.6 cm³/mol. The van der Waals surface area contributed by atoms with E-state index in [0.29, 0.717) is 11.4 Å². The number of methoxy groups -OCH3 is 1. The summed E-state index contributed by atoms with van der Waals surface area (Å²) >= 11 is 5.83. The summed E-state index contributed by atoms with van der Waals surface area (Å²) in [4.78, 5) is 11.9. The molecule has 0 radical (unpaired) electrons. The summed E-state index contributed by atoms with van der Waals surface area (Å²) < 4.78 is 43.3. The van der Waals surface area contributed by atoms with Gasteiger partial charge in [-0.3, -0.25) is 4.79 Å². The van der Waals surface area contributed by atoms with E-state index in [0.717, 1.165) is 18.2 Å². The average Bonchev–Trinajstić information content (AvgIpc) is 2.54. The van der Waals surface area contributed by atoms with Crippen LogP contribution in [0.25, 0.3) is 0 Å². The molecule has 0 bridgehead atoms. The molecule has 128 valence electrons.